The molecule has 2 fully saturated rings. The van der Waals surface area contributed by atoms with Crippen molar-refractivity contribution in [2.24, 2.45) is 0 Å². The number of fused-ring (bicyclic) bond motifs is 2. The zero-order valence-corrected chi connectivity index (χ0v) is 12.8. The SMILES string of the molecule is CCOc1cc(C(=O)N2C3CCCC2COC3)ccc1C. The molecule has 2 bridgehead atoms. The molecule has 4 nitrogen and oxygen atoms in total. The van der Waals surface area contributed by atoms with Crippen LogP contribution in [0.15, 0.2) is 18.2 Å². The van der Waals surface area contributed by atoms with Crippen LogP contribution in [0.3, 0.4) is 0 Å². The highest BCUT2D eigenvalue weighted by atomic mass is 16.5. The number of hydrogen-bond acceptors (Lipinski definition) is 3. The van der Waals surface area contributed by atoms with Gasteiger partial charge in [0.2, 0.25) is 0 Å². The Morgan fingerprint density at radius 2 is 2.05 bits per heavy atom. The van der Waals surface area contributed by atoms with Gasteiger partial charge in [0, 0.05) is 5.56 Å². The maximum atomic E-state index is 12.9. The van der Waals surface area contributed by atoms with E-state index in [2.05, 4.69) is 0 Å². The number of nitrogens with zero attached hydrogens (tertiary/aromatic N) is 1. The quantitative estimate of drug-likeness (QED) is 0.859. The molecule has 2 unspecified atom stereocenters. The number of carbonyl (C=O) groups excluding carboxylic acids is 1. The fourth-order valence-electron chi connectivity index (χ4n) is 3.36. The van der Waals surface area contributed by atoms with Crippen LogP contribution in [0.5, 0.6) is 5.75 Å². The van der Waals surface area contributed by atoms with Crippen LogP contribution in [0.4, 0.5) is 0 Å². The second-order valence-corrected chi connectivity index (χ2v) is 5.90. The number of piperidine rings is 1. The lowest BCUT2D eigenvalue weighted by Gasteiger charge is -2.45. The van der Waals surface area contributed by atoms with Gasteiger partial charge in [-0.25, -0.2) is 0 Å². The Morgan fingerprint density at radius 1 is 1.33 bits per heavy atom. The molecule has 0 aliphatic carbocycles. The molecule has 2 heterocycles. The van der Waals surface area contributed by atoms with Crippen LogP contribution in [0, 0.1) is 6.92 Å². The Hall–Kier alpha value is -1.55. The Labute approximate surface area is 126 Å². The van der Waals surface area contributed by atoms with Gasteiger partial charge in [-0.3, -0.25) is 4.79 Å². The number of aryl methyl sites for hydroxylation is 1. The molecule has 1 aromatic rings. The fourth-order valence-corrected chi connectivity index (χ4v) is 3.36. The largest absolute Gasteiger partial charge is 0.494 e. The summed E-state index contributed by atoms with van der Waals surface area (Å²) in [6.45, 7) is 5.92. The Bertz CT molecular complexity index is 507. The topological polar surface area (TPSA) is 38.8 Å². The van der Waals surface area contributed by atoms with Crippen molar-refractivity contribution in [1.82, 2.24) is 4.90 Å². The Kier molecular flexibility index (Phi) is 4.15. The number of rotatable bonds is 3. The standard InChI is InChI=1S/C17H23NO3/c1-3-21-16-9-13(8-7-12(16)2)17(19)18-14-5-4-6-15(18)11-20-10-14/h7-9,14-15H,3-6,10-11H2,1-2H3. The van der Waals surface area contributed by atoms with Crippen LogP contribution in [0.25, 0.3) is 0 Å². The molecule has 21 heavy (non-hydrogen) atoms. The fraction of sp³-hybridized carbons (Fsp3) is 0.588. The van der Waals surface area contributed by atoms with Gasteiger partial charge >= 0.3 is 0 Å². The molecule has 0 saturated carbocycles. The third-order valence-corrected chi connectivity index (χ3v) is 4.45. The lowest BCUT2D eigenvalue weighted by Crippen LogP contribution is -2.57. The molecule has 0 radical (unpaired) electrons. The van der Waals surface area contributed by atoms with Gasteiger partial charge in [0.15, 0.2) is 0 Å². The third-order valence-electron chi connectivity index (χ3n) is 4.45. The molecule has 114 valence electrons. The zero-order valence-electron chi connectivity index (χ0n) is 12.8. The lowest BCUT2D eigenvalue weighted by molar-refractivity contribution is -0.0566. The Balaban J connectivity index is 1.86. The number of benzene rings is 1. The first-order chi connectivity index (χ1) is 10.2. The number of carbonyl (C=O) groups is 1. The van der Waals surface area contributed by atoms with Crippen molar-refractivity contribution >= 4 is 5.91 Å². The second kappa shape index (κ2) is 6.06. The van der Waals surface area contributed by atoms with Gasteiger partial charge in [0.05, 0.1) is 31.9 Å². The first-order valence-electron chi connectivity index (χ1n) is 7.84. The van der Waals surface area contributed by atoms with E-state index in [0.29, 0.717) is 19.8 Å². The van der Waals surface area contributed by atoms with Crippen LogP contribution in [0.2, 0.25) is 0 Å². The minimum absolute atomic E-state index is 0.119. The van der Waals surface area contributed by atoms with Crippen molar-refractivity contribution in [3.05, 3.63) is 29.3 Å². The minimum atomic E-state index is 0.119. The molecule has 0 N–H and O–H groups in total. The molecule has 0 aromatic heterocycles. The molecule has 3 rings (SSSR count). The summed E-state index contributed by atoms with van der Waals surface area (Å²) in [4.78, 5) is 14.9. The number of ether oxygens (including phenoxy) is 2. The van der Waals surface area contributed by atoms with Gasteiger partial charge in [0.1, 0.15) is 5.75 Å². The number of amides is 1. The molecule has 1 aromatic carbocycles. The summed E-state index contributed by atoms with van der Waals surface area (Å²) in [5.74, 6) is 0.927. The predicted molar refractivity (Wildman–Crippen MR) is 80.8 cm³/mol. The van der Waals surface area contributed by atoms with Crippen LogP contribution < -0.4 is 4.74 Å². The van der Waals surface area contributed by atoms with E-state index in [9.17, 15) is 4.79 Å². The second-order valence-electron chi connectivity index (χ2n) is 5.90. The van der Waals surface area contributed by atoms with E-state index in [4.69, 9.17) is 9.47 Å². The van der Waals surface area contributed by atoms with Gasteiger partial charge < -0.3 is 14.4 Å². The van der Waals surface area contributed by atoms with E-state index in [1.54, 1.807) is 0 Å². The predicted octanol–water partition coefficient (Wildman–Crippen LogP) is 2.79. The van der Waals surface area contributed by atoms with Crippen molar-refractivity contribution < 1.29 is 14.3 Å². The highest BCUT2D eigenvalue weighted by Crippen LogP contribution is 2.30. The summed E-state index contributed by atoms with van der Waals surface area (Å²) in [6.07, 6.45) is 3.29. The normalized spacial score (nSPS) is 24.8. The van der Waals surface area contributed by atoms with Crippen molar-refractivity contribution in [3.8, 4) is 5.75 Å². The van der Waals surface area contributed by atoms with Gasteiger partial charge in [-0.1, -0.05) is 6.07 Å². The van der Waals surface area contributed by atoms with Crippen LogP contribution in [-0.2, 0) is 4.74 Å². The van der Waals surface area contributed by atoms with Crippen molar-refractivity contribution in [3.63, 3.8) is 0 Å². The number of hydrogen-bond donors (Lipinski definition) is 0. The first-order valence-corrected chi connectivity index (χ1v) is 7.84. The highest BCUT2D eigenvalue weighted by molar-refractivity contribution is 5.95. The molecule has 2 atom stereocenters. The van der Waals surface area contributed by atoms with Crippen LogP contribution >= 0.6 is 0 Å². The highest BCUT2D eigenvalue weighted by Gasteiger charge is 2.38. The maximum Gasteiger partial charge on any atom is 0.254 e. The molecule has 2 aliphatic rings. The van der Waals surface area contributed by atoms with Gasteiger partial charge in [-0.2, -0.15) is 0 Å². The molecular weight excluding hydrogens is 266 g/mol. The minimum Gasteiger partial charge on any atom is -0.494 e. The van der Waals surface area contributed by atoms with Gasteiger partial charge in [-0.15, -0.1) is 0 Å². The maximum absolute atomic E-state index is 12.9. The summed E-state index contributed by atoms with van der Waals surface area (Å²) in [5.41, 5.74) is 1.79. The molecule has 4 heteroatoms. The van der Waals surface area contributed by atoms with Crippen molar-refractivity contribution in [2.75, 3.05) is 19.8 Å². The van der Waals surface area contributed by atoms with Gasteiger partial charge in [0.25, 0.3) is 5.91 Å². The average molecular weight is 289 g/mol. The smallest absolute Gasteiger partial charge is 0.254 e. The molecular formula is C17H23NO3. The Morgan fingerprint density at radius 3 is 2.71 bits per heavy atom. The van der Waals surface area contributed by atoms with Crippen molar-refractivity contribution in [1.29, 1.82) is 0 Å². The van der Waals surface area contributed by atoms with E-state index in [-0.39, 0.29) is 18.0 Å². The summed E-state index contributed by atoms with van der Waals surface area (Å²) >= 11 is 0. The van der Waals surface area contributed by atoms with Crippen molar-refractivity contribution in [2.45, 2.75) is 45.2 Å². The summed E-state index contributed by atoms with van der Waals surface area (Å²) in [5, 5.41) is 0. The van der Waals surface area contributed by atoms with E-state index in [1.807, 2.05) is 36.9 Å². The van der Waals surface area contributed by atoms with E-state index in [0.717, 1.165) is 29.7 Å². The molecule has 2 aliphatic heterocycles. The summed E-state index contributed by atoms with van der Waals surface area (Å²) in [6, 6.07) is 6.23. The van der Waals surface area contributed by atoms with E-state index in [1.165, 1.54) is 6.42 Å². The zero-order chi connectivity index (χ0) is 14.8. The molecule has 1 amide bonds. The van der Waals surface area contributed by atoms with E-state index < -0.39 is 0 Å². The lowest BCUT2D eigenvalue weighted by atomic mass is 9.93. The number of morpholine rings is 1. The van der Waals surface area contributed by atoms with Crippen LogP contribution in [-0.4, -0.2) is 42.7 Å². The summed E-state index contributed by atoms with van der Waals surface area (Å²) in [7, 11) is 0. The van der Waals surface area contributed by atoms with Crippen LogP contribution in [0.1, 0.15) is 42.1 Å². The average Bonchev–Trinajstić information content (AvgIpc) is 2.48. The molecule has 2 saturated heterocycles. The van der Waals surface area contributed by atoms with E-state index >= 15 is 0 Å². The monoisotopic (exact) mass is 289 g/mol. The first kappa shape index (κ1) is 14.4. The summed E-state index contributed by atoms with van der Waals surface area (Å²) < 4.78 is 11.2. The van der Waals surface area contributed by atoms with Gasteiger partial charge in [-0.05, 0) is 50.8 Å². The molecule has 0 spiro atoms. The third kappa shape index (κ3) is 2.77.